The summed E-state index contributed by atoms with van der Waals surface area (Å²) in [7, 11) is 2.07. The molecule has 13 heavy (non-hydrogen) atoms. The molecule has 0 aromatic carbocycles. The normalized spacial score (nSPS) is 13.6. The Morgan fingerprint density at radius 2 is 1.85 bits per heavy atom. The van der Waals surface area contributed by atoms with Crippen LogP contribution < -0.4 is 0 Å². The highest BCUT2D eigenvalue weighted by molar-refractivity contribution is 7.80. The largest absolute Gasteiger partial charge is 0.395 e. The zero-order valence-corrected chi connectivity index (χ0v) is 9.76. The summed E-state index contributed by atoms with van der Waals surface area (Å²) < 4.78 is 0. The lowest BCUT2D eigenvalue weighted by atomic mass is 10.2. The number of hydrogen-bond acceptors (Lipinski definition) is 3. The molecular weight excluding hydrogens is 182 g/mol. The second kappa shape index (κ2) is 8.85. The first kappa shape index (κ1) is 13.3. The van der Waals surface area contributed by atoms with Crippen molar-refractivity contribution in [1.29, 1.82) is 0 Å². The molecule has 0 aliphatic carbocycles. The molecule has 0 aliphatic heterocycles. The highest BCUT2D eigenvalue weighted by atomic mass is 32.1. The van der Waals surface area contributed by atoms with E-state index in [1.165, 1.54) is 25.7 Å². The molecule has 0 amide bonds. The molecule has 0 heterocycles. The zero-order valence-electron chi connectivity index (χ0n) is 8.87. The van der Waals surface area contributed by atoms with E-state index in [0.29, 0.717) is 6.04 Å². The molecule has 0 spiro atoms. The Hall–Kier alpha value is 0.270. The van der Waals surface area contributed by atoms with Crippen LogP contribution in [0.2, 0.25) is 0 Å². The fraction of sp³-hybridized carbons (Fsp3) is 1.00. The molecule has 1 atom stereocenters. The van der Waals surface area contributed by atoms with Crippen LogP contribution in [0.5, 0.6) is 0 Å². The van der Waals surface area contributed by atoms with Crippen molar-refractivity contribution in [1.82, 2.24) is 4.90 Å². The molecule has 1 unspecified atom stereocenters. The van der Waals surface area contributed by atoms with Crippen molar-refractivity contribution in [3.63, 3.8) is 0 Å². The topological polar surface area (TPSA) is 23.5 Å². The summed E-state index contributed by atoms with van der Waals surface area (Å²) in [6, 6.07) is 0.296. The van der Waals surface area contributed by atoms with Gasteiger partial charge in [-0.25, -0.2) is 0 Å². The number of nitrogens with zero attached hydrogens (tertiary/aromatic N) is 1. The van der Waals surface area contributed by atoms with Gasteiger partial charge in [-0.15, -0.1) is 0 Å². The molecule has 0 bridgehead atoms. The second-order valence-corrected chi connectivity index (χ2v) is 4.10. The lowest BCUT2D eigenvalue weighted by molar-refractivity contribution is 0.157. The molecule has 1 N–H and O–H groups in total. The highest BCUT2D eigenvalue weighted by Crippen LogP contribution is 2.03. The zero-order chi connectivity index (χ0) is 10.1. The average molecular weight is 205 g/mol. The third-order valence-corrected chi connectivity index (χ3v) is 2.75. The summed E-state index contributed by atoms with van der Waals surface area (Å²) in [4.78, 5) is 2.21. The second-order valence-electron chi connectivity index (χ2n) is 3.65. The Kier molecular flexibility index (Phi) is 9.03. The molecule has 0 aliphatic rings. The predicted molar refractivity (Wildman–Crippen MR) is 61.5 cm³/mol. The summed E-state index contributed by atoms with van der Waals surface area (Å²) >= 11 is 4.17. The lowest BCUT2D eigenvalue weighted by Crippen LogP contribution is -2.32. The molecule has 0 aromatic heterocycles. The van der Waals surface area contributed by atoms with E-state index >= 15 is 0 Å². The van der Waals surface area contributed by atoms with Crippen molar-refractivity contribution in [2.45, 2.75) is 38.6 Å². The fourth-order valence-corrected chi connectivity index (χ4v) is 1.41. The van der Waals surface area contributed by atoms with Gasteiger partial charge in [0.25, 0.3) is 0 Å². The summed E-state index contributed by atoms with van der Waals surface area (Å²) in [6.07, 6.45) is 5.02. The van der Waals surface area contributed by atoms with Crippen molar-refractivity contribution in [3.05, 3.63) is 0 Å². The number of unbranched alkanes of at least 4 members (excludes halogenated alkanes) is 3. The molecule has 3 heteroatoms. The number of hydrogen-bond donors (Lipinski definition) is 2. The van der Waals surface area contributed by atoms with Crippen LogP contribution in [0.25, 0.3) is 0 Å². The number of thiol groups is 1. The third-order valence-electron chi connectivity index (χ3n) is 2.44. The third kappa shape index (κ3) is 7.35. The van der Waals surface area contributed by atoms with E-state index in [-0.39, 0.29) is 6.61 Å². The Morgan fingerprint density at radius 1 is 1.23 bits per heavy atom. The molecule has 0 saturated heterocycles. The van der Waals surface area contributed by atoms with Crippen molar-refractivity contribution < 1.29 is 5.11 Å². The van der Waals surface area contributed by atoms with Crippen LogP contribution in [0.15, 0.2) is 0 Å². The van der Waals surface area contributed by atoms with Crippen LogP contribution in [0.4, 0.5) is 0 Å². The van der Waals surface area contributed by atoms with Gasteiger partial charge in [0.1, 0.15) is 0 Å². The Labute approximate surface area is 87.7 Å². The highest BCUT2D eigenvalue weighted by Gasteiger charge is 2.05. The Morgan fingerprint density at radius 3 is 2.38 bits per heavy atom. The minimum absolute atomic E-state index is 0.257. The van der Waals surface area contributed by atoms with Crippen molar-refractivity contribution in [3.8, 4) is 0 Å². The molecule has 0 rings (SSSR count). The van der Waals surface area contributed by atoms with Gasteiger partial charge in [0.2, 0.25) is 0 Å². The number of aliphatic hydroxyl groups is 1. The number of aliphatic hydroxyl groups excluding tert-OH is 1. The first-order chi connectivity index (χ1) is 6.22. The summed E-state index contributed by atoms with van der Waals surface area (Å²) in [5.41, 5.74) is 0. The maximum absolute atomic E-state index is 8.89. The van der Waals surface area contributed by atoms with Gasteiger partial charge in [-0.2, -0.15) is 12.6 Å². The minimum Gasteiger partial charge on any atom is -0.395 e. The number of rotatable bonds is 8. The summed E-state index contributed by atoms with van der Waals surface area (Å²) in [5.74, 6) is 1.00. The van der Waals surface area contributed by atoms with Gasteiger partial charge in [0.05, 0.1) is 6.61 Å². The quantitative estimate of drug-likeness (QED) is 0.466. The van der Waals surface area contributed by atoms with E-state index < -0.39 is 0 Å². The average Bonchev–Trinajstić information content (AvgIpc) is 2.16. The first-order valence-electron chi connectivity index (χ1n) is 5.14. The maximum Gasteiger partial charge on any atom is 0.0584 e. The SMILES string of the molecule is CC(CO)N(C)CCCCCCS. The van der Waals surface area contributed by atoms with Crippen molar-refractivity contribution in [2.24, 2.45) is 0 Å². The number of likely N-dealkylation sites (N-methyl/N-ethyl adjacent to an activating group) is 1. The van der Waals surface area contributed by atoms with E-state index in [1.54, 1.807) is 0 Å². The smallest absolute Gasteiger partial charge is 0.0584 e. The molecule has 2 nitrogen and oxygen atoms in total. The van der Waals surface area contributed by atoms with Gasteiger partial charge >= 0.3 is 0 Å². The van der Waals surface area contributed by atoms with Gasteiger partial charge in [-0.1, -0.05) is 12.8 Å². The van der Waals surface area contributed by atoms with E-state index in [1.807, 2.05) is 6.92 Å². The van der Waals surface area contributed by atoms with E-state index in [4.69, 9.17) is 5.11 Å². The van der Waals surface area contributed by atoms with Crippen molar-refractivity contribution in [2.75, 3.05) is 26.0 Å². The minimum atomic E-state index is 0.257. The Bertz CT molecular complexity index is 111. The first-order valence-corrected chi connectivity index (χ1v) is 5.77. The van der Waals surface area contributed by atoms with E-state index in [9.17, 15) is 0 Å². The van der Waals surface area contributed by atoms with Crippen LogP contribution in [0.3, 0.4) is 0 Å². The Balaban J connectivity index is 3.21. The van der Waals surface area contributed by atoms with Gasteiger partial charge < -0.3 is 10.0 Å². The van der Waals surface area contributed by atoms with Gasteiger partial charge in [0, 0.05) is 6.04 Å². The van der Waals surface area contributed by atoms with Crippen LogP contribution >= 0.6 is 12.6 Å². The lowest BCUT2D eigenvalue weighted by Gasteiger charge is -2.22. The molecular formula is C10H23NOS. The standard InChI is InChI=1S/C10H23NOS/c1-10(9-12)11(2)7-5-3-4-6-8-13/h10,12-13H,3-9H2,1-2H3. The summed E-state index contributed by atoms with van der Waals surface area (Å²) in [6.45, 7) is 3.40. The van der Waals surface area contributed by atoms with E-state index in [2.05, 4.69) is 24.6 Å². The maximum atomic E-state index is 8.89. The molecule has 0 radical (unpaired) electrons. The van der Waals surface area contributed by atoms with Crippen LogP contribution in [0, 0.1) is 0 Å². The monoisotopic (exact) mass is 205 g/mol. The molecule has 0 saturated carbocycles. The van der Waals surface area contributed by atoms with Gasteiger partial charge in [-0.05, 0) is 39.1 Å². The van der Waals surface area contributed by atoms with Crippen LogP contribution in [-0.4, -0.2) is 42.0 Å². The predicted octanol–water partition coefficient (Wildman–Crippen LogP) is 1.79. The molecule has 0 aromatic rings. The molecule has 0 fully saturated rings. The van der Waals surface area contributed by atoms with E-state index in [0.717, 1.165) is 12.3 Å². The van der Waals surface area contributed by atoms with Gasteiger partial charge in [0.15, 0.2) is 0 Å². The summed E-state index contributed by atoms with van der Waals surface area (Å²) in [5, 5.41) is 8.89. The van der Waals surface area contributed by atoms with Crippen molar-refractivity contribution >= 4 is 12.6 Å². The van der Waals surface area contributed by atoms with Crippen LogP contribution in [0.1, 0.15) is 32.6 Å². The van der Waals surface area contributed by atoms with Crippen LogP contribution in [-0.2, 0) is 0 Å². The van der Waals surface area contributed by atoms with Gasteiger partial charge in [-0.3, -0.25) is 0 Å². The fourth-order valence-electron chi connectivity index (χ4n) is 1.19. The molecule has 80 valence electrons.